The maximum Gasteiger partial charge on any atom is 0.155 e. The van der Waals surface area contributed by atoms with Gasteiger partial charge in [0.05, 0.1) is 0 Å². The van der Waals surface area contributed by atoms with Crippen molar-refractivity contribution in [3.8, 4) is 0 Å². The minimum atomic E-state index is 0.710. The molecule has 2 aromatic rings. The third kappa shape index (κ3) is 5.42. The Labute approximate surface area is 176 Å². The van der Waals surface area contributed by atoms with Gasteiger partial charge in [-0.15, -0.1) is 0 Å². The van der Waals surface area contributed by atoms with E-state index in [1.54, 1.807) is 13.2 Å². The summed E-state index contributed by atoms with van der Waals surface area (Å²) in [7, 11) is 1.76. The zero-order valence-electron chi connectivity index (χ0n) is 16.6. The lowest BCUT2D eigenvalue weighted by Crippen LogP contribution is -2.34. The van der Waals surface area contributed by atoms with Crippen LogP contribution in [-0.4, -0.2) is 35.5 Å². The Morgan fingerprint density at radius 1 is 1.31 bits per heavy atom. The van der Waals surface area contributed by atoms with E-state index < -0.39 is 0 Å². The van der Waals surface area contributed by atoms with Gasteiger partial charge in [-0.2, -0.15) is 0 Å². The van der Waals surface area contributed by atoms with Crippen LogP contribution in [0.2, 0.25) is 5.02 Å². The van der Waals surface area contributed by atoms with Gasteiger partial charge in [0.2, 0.25) is 0 Å². The molecule has 29 heavy (non-hydrogen) atoms. The number of aryl methyl sites for hydroxylation is 1. The average Bonchev–Trinajstić information content (AvgIpc) is 2.92. The highest BCUT2D eigenvalue weighted by Crippen LogP contribution is 2.19. The topological polar surface area (TPSA) is 52.9 Å². The Balaban J connectivity index is 1.81. The minimum Gasteiger partial charge on any atom is -0.327 e. The molecule has 6 heteroatoms. The number of pyridine rings is 1. The quantitative estimate of drug-likeness (QED) is 0.731. The van der Waals surface area contributed by atoms with Crippen molar-refractivity contribution in [2.24, 2.45) is 9.98 Å². The Morgan fingerprint density at radius 2 is 2.17 bits per heavy atom. The first-order valence-electron chi connectivity index (χ1n) is 9.37. The van der Waals surface area contributed by atoms with Crippen LogP contribution >= 0.6 is 11.6 Å². The van der Waals surface area contributed by atoms with E-state index in [0.29, 0.717) is 10.8 Å². The summed E-state index contributed by atoms with van der Waals surface area (Å²) in [5.41, 5.74) is 2.84. The molecule has 0 unspecified atom stereocenters. The number of benzene rings is 1. The zero-order valence-corrected chi connectivity index (χ0v) is 17.4. The van der Waals surface area contributed by atoms with E-state index in [9.17, 15) is 0 Å². The fourth-order valence-electron chi connectivity index (χ4n) is 2.95. The van der Waals surface area contributed by atoms with E-state index in [4.69, 9.17) is 11.6 Å². The van der Waals surface area contributed by atoms with Crippen LogP contribution < -0.4 is 5.32 Å². The second-order valence-electron chi connectivity index (χ2n) is 6.51. The third-order valence-electron chi connectivity index (χ3n) is 4.40. The molecule has 0 radical (unpaired) electrons. The van der Waals surface area contributed by atoms with Crippen LogP contribution in [-0.2, 0) is 0 Å². The van der Waals surface area contributed by atoms with Crippen LogP contribution in [0.5, 0.6) is 0 Å². The van der Waals surface area contributed by atoms with Gasteiger partial charge in [-0.1, -0.05) is 48.5 Å². The first-order valence-corrected chi connectivity index (χ1v) is 9.75. The van der Waals surface area contributed by atoms with Crippen LogP contribution in [0.25, 0.3) is 6.08 Å². The fourth-order valence-corrected chi connectivity index (χ4v) is 3.15. The number of nitrogens with zero attached hydrogens (tertiary/aromatic N) is 4. The second kappa shape index (κ2) is 9.85. The Hall–Kier alpha value is -3.18. The molecule has 0 aliphatic carbocycles. The largest absolute Gasteiger partial charge is 0.327 e. The van der Waals surface area contributed by atoms with E-state index >= 15 is 0 Å². The van der Waals surface area contributed by atoms with E-state index in [1.807, 2.05) is 72.7 Å². The number of aromatic nitrogens is 1. The Kier molecular flexibility index (Phi) is 6.98. The monoisotopic (exact) mass is 405 g/mol. The lowest BCUT2D eigenvalue weighted by atomic mass is 10.2. The average molecular weight is 406 g/mol. The summed E-state index contributed by atoms with van der Waals surface area (Å²) < 4.78 is 0. The number of rotatable bonds is 5. The van der Waals surface area contributed by atoms with Crippen LogP contribution in [0.15, 0.2) is 82.8 Å². The summed E-state index contributed by atoms with van der Waals surface area (Å²) in [6.07, 6.45) is 10.3. The van der Waals surface area contributed by atoms with Gasteiger partial charge in [-0.25, -0.2) is 4.98 Å². The van der Waals surface area contributed by atoms with Crippen molar-refractivity contribution in [1.29, 1.82) is 0 Å². The van der Waals surface area contributed by atoms with Gasteiger partial charge in [0, 0.05) is 37.4 Å². The number of allylic oxidation sites excluding steroid dienone is 2. The molecule has 0 saturated heterocycles. The highest BCUT2D eigenvalue weighted by molar-refractivity contribution is 6.30. The first kappa shape index (κ1) is 20.6. The van der Waals surface area contributed by atoms with Gasteiger partial charge >= 0.3 is 0 Å². The van der Waals surface area contributed by atoms with Gasteiger partial charge in [-0.3, -0.25) is 9.98 Å². The molecule has 1 aliphatic heterocycles. The summed E-state index contributed by atoms with van der Waals surface area (Å²) in [5, 5.41) is 4.01. The molecule has 1 N–H and O–H groups in total. The van der Waals surface area contributed by atoms with Gasteiger partial charge in [0.1, 0.15) is 17.3 Å². The summed E-state index contributed by atoms with van der Waals surface area (Å²) in [6.45, 7) is 6.94. The Morgan fingerprint density at radius 3 is 2.93 bits per heavy atom. The van der Waals surface area contributed by atoms with E-state index in [1.165, 1.54) is 0 Å². The normalized spacial score (nSPS) is 17.1. The third-order valence-corrected chi connectivity index (χ3v) is 4.63. The Bertz CT molecular complexity index is 1000. The van der Waals surface area contributed by atoms with Gasteiger partial charge in [-0.05, 0) is 42.3 Å². The van der Waals surface area contributed by atoms with Gasteiger partial charge in [0.25, 0.3) is 0 Å². The predicted octanol–water partition coefficient (Wildman–Crippen LogP) is 5.33. The number of hydrogen-bond acceptors (Lipinski definition) is 4. The molecule has 0 spiro atoms. The van der Waals surface area contributed by atoms with Crippen molar-refractivity contribution in [1.82, 2.24) is 9.88 Å². The van der Waals surface area contributed by atoms with E-state index in [0.717, 1.165) is 41.4 Å². The van der Waals surface area contributed by atoms with Crippen molar-refractivity contribution >= 4 is 35.5 Å². The number of aliphatic imine (C=N–C) groups is 2. The smallest absolute Gasteiger partial charge is 0.155 e. The predicted molar refractivity (Wildman–Crippen MR) is 123 cm³/mol. The molecular weight excluding hydrogens is 382 g/mol. The molecule has 1 aliphatic rings. The molecule has 0 bridgehead atoms. The summed E-state index contributed by atoms with van der Waals surface area (Å²) in [6, 6.07) is 11.6. The van der Waals surface area contributed by atoms with Crippen molar-refractivity contribution in [2.45, 2.75) is 13.3 Å². The second-order valence-corrected chi connectivity index (χ2v) is 6.94. The first-order chi connectivity index (χ1) is 14.1. The van der Waals surface area contributed by atoms with Crippen molar-refractivity contribution < 1.29 is 0 Å². The standard InChI is InChI=1S/C23H24ClN5/c1-17-8-6-13-27-22(17)28-18(2)29-15-7-14-26-21(23(29)25-3)12-5-10-19-9-4-11-20(24)16-19/h4-6,8-14,16H,2,7,15H2,1,3H3,(H,27,28)/b10-5+,21-12+,25-23+. The van der Waals surface area contributed by atoms with Crippen LogP contribution in [0.4, 0.5) is 5.82 Å². The van der Waals surface area contributed by atoms with Crippen LogP contribution in [0.1, 0.15) is 17.5 Å². The van der Waals surface area contributed by atoms with Gasteiger partial charge < -0.3 is 10.2 Å². The molecule has 148 valence electrons. The highest BCUT2D eigenvalue weighted by Gasteiger charge is 2.20. The summed E-state index contributed by atoms with van der Waals surface area (Å²) in [4.78, 5) is 15.5. The summed E-state index contributed by atoms with van der Waals surface area (Å²) in [5.74, 6) is 2.24. The van der Waals surface area contributed by atoms with Crippen LogP contribution in [0, 0.1) is 6.92 Å². The SMILES string of the molecule is C=C(Nc1ncccc1C)N1CCC=NC(=C/C=C/c2cccc(Cl)c2)/C1=N\C. The molecule has 0 fully saturated rings. The number of amidine groups is 1. The van der Waals surface area contributed by atoms with Crippen LogP contribution in [0.3, 0.4) is 0 Å². The maximum absolute atomic E-state index is 6.05. The number of nitrogens with one attached hydrogen (secondary N) is 1. The van der Waals surface area contributed by atoms with E-state index in [2.05, 4.69) is 26.9 Å². The summed E-state index contributed by atoms with van der Waals surface area (Å²) >= 11 is 6.05. The molecule has 5 nitrogen and oxygen atoms in total. The van der Waals surface area contributed by atoms with Crippen molar-refractivity contribution in [3.05, 3.63) is 89.0 Å². The fraction of sp³-hybridized carbons (Fsp3) is 0.174. The highest BCUT2D eigenvalue weighted by atomic mass is 35.5. The lowest BCUT2D eigenvalue weighted by molar-refractivity contribution is 0.536. The van der Waals surface area contributed by atoms with Crippen molar-refractivity contribution in [3.63, 3.8) is 0 Å². The molecule has 0 amide bonds. The van der Waals surface area contributed by atoms with Gasteiger partial charge in [0.15, 0.2) is 5.84 Å². The zero-order chi connectivity index (χ0) is 20.6. The molecule has 2 heterocycles. The molecule has 0 atom stereocenters. The molecular formula is C23H24ClN5. The van der Waals surface area contributed by atoms with E-state index in [-0.39, 0.29) is 0 Å². The molecule has 0 saturated carbocycles. The van der Waals surface area contributed by atoms with Crippen molar-refractivity contribution in [2.75, 3.05) is 18.9 Å². The molecule has 1 aromatic carbocycles. The number of halogens is 1. The number of anilines is 1. The molecule has 3 rings (SSSR count). The minimum absolute atomic E-state index is 0.710. The lowest BCUT2D eigenvalue weighted by Gasteiger charge is -2.27. The number of hydrogen-bond donors (Lipinski definition) is 1. The molecule has 1 aromatic heterocycles. The maximum atomic E-state index is 6.05.